The van der Waals surface area contributed by atoms with Gasteiger partial charge < -0.3 is 14.5 Å². The number of hydroxylamine groups is 1. The van der Waals surface area contributed by atoms with E-state index >= 15 is 0 Å². The highest BCUT2D eigenvalue weighted by Gasteiger charge is 2.25. The normalized spacial score (nSPS) is 11.4. The Bertz CT molecular complexity index is 913. The third kappa shape index (κ3) is 5.30. The summed E-state index contributed by atoms with van der Waals surface area (Å²) >= 11 is 5.92. The van der Waals surface area contributed by atoms with Gasteiger partial charge in [-0.15, -0.1) is 0 Å². The van der Waals surface area contributed by atoms with E-state index in [1.165, 1.54) is 32.6 Å². The van der Waals surface area contributed by atoms with Gasteiger partial charge in [0.15, 0.2) is 6.61 Å². The molecule has 1 heterocycles. The zero-order valence-corrected chi connectivity index (χ0v) is 16.0. The van der Waals surface area contributed by atoms with Crippen molar-refractivity contribution in [1.82, 2.24) is 9.79 Å². The number of hydrogen-bond donors (Lipinski definition) is 1. The minimum absolute atomic E-state index is 0.0821. The van der Waals surface area contributed by atoms with Crippen molar-refractivity contribution in [2.75, 3.05) is 20.8 Å². The Balaban J connectivity index is 2.02. The van der Waals surface area contributed by atoms with Gasteiger partial charge in [-0.05, 0) is 30.3 Å². The summed E-state index contributed by atoms with van der Waals surface area (Å²) < 4.78 is 35.2. The van der Waals surface area contributed by atoms with Gasteiger partial charge in [0.25, 0.3) is 15.9 Å². The largest absolute Gasteiger partial charge is 0.467 e. The Kier molecular flexibility index (Phi) is 6.97. The third-order valence-corrected chi connectivity index (χ3v) is 5.58. The Morgan fingerprint density at radius 2 is 2.04 bits per heavy atom. The summed E-state index contributed by atoms with van der Waals surface area (Å²) in [6.07, 6.45) is 1.47. The van der Waals surface area contributed by atoms with Crippen molar-refractivity contribution >= 4 is 33.5 Å². The van der Waals surface area contributed by atoms with Crippen LogP contribution in [-0.4, -0.2) is 45.5 Å². The van der Waals surface area contributed by atoms with Crippen molar-refractivity contribution in [3.63, 3.8) is 0 Å². The van der Waals surface area contributed by atoms with Crippen LogP contribution >= 0.6 is 11.6 Å². The Labute approximate surface area is 160 Å². The average molecular weight is 417 g/mol. The first-order chi connectivity index (χ1) is 12.8. The summed E-state index contributed by atoms with van der Waals surface area (Å²) in [4.78, 5) is 28.2. The first kappa shape index (κ1) is 20.9. The number of benzene rings is 1. The maximum absolute atomic E-state index is 12.3. The molecule has 0 saturated heterocycles. The van der Waals surface area contributed by atoms with E-state index in [-0.39, 0.29) is 22.0 Å². The fourth-order valence-corrected chi connectivity index (χ4v) is 3.40. The van der Waals surface area contributed by atoms with E-state index in [4.69, 9.17) is 20.8 Å². The van der Waals surface area contributed by atoms with Crippen LogP contribution in [-0.2, 0) is 30.9 Å². The number of amides is 1. The molecule has 0 spiro atoms. The zero-order chi connectivity index (χ0) is 20.0. The molecule has 0 aliphatic rings. The second-order valence-electron chi connectivity index (χ2n) is 5.17. The Hall–Kier alpha value is -2.40. The van der Waals surface area contributed by atoms with Crippen LogP contribution < -0.4 is 5.32 Å². The molecule has 1 aromatic heterocycles. The lowest BCUT2D eigenvalue weighted by atomic mass is 10.2. The molecule has 11 heteroatoms. The quantitative estimate of drug-likeness (QED) is 0.513. The monoisotopic (exact) mass is 416 g/mol. The van der Waals surface area contributed by atoms with E-state index in [1.54, 1.807) is 12.1 Å². The number of carbonyl (C=O) groups is 2. The van der Waals surface area contributed by atoms with Crippen molar-refractivity contribution in [3.05, 3.63) is 52.9 Å². The smallest absolute Gasteiger partial charge is 0.338 e. The number of ether oxygens (including phenoxy) is 1. The lowest BCUT2D eigenvalue weighted by molar-refractivity contribution is -0.124. The molecule has 0 atom stereocenters. The first-order valence-electron chi connectivity index (χ1n) is 7.54. The van der Waals surface area contributed by atoms with Gasteiger partial charge in [0.05, 0.1) is 30.5 Å². The molecule has 0 bridgehead atoms. The topological polar surface area (TPSA) is 115 Å². The van der Waals surface area contributed by atoms with Gasteiger partial charge in [-0.25, -0.2) is 13.2 Å². The molecule has 1 N–H and O–H groups in total. The van der Waals surface area contributed by atoms with Crippen molar-refractivity contribution in [1.29, 1.82) is 0 Å². The molecule has 0 aliphatic carbocycles. The van der Waals surface area contributed by atoms with Crippen LogP contribution in [0.25, 0.3) is 0 Å². The summed E-state index contributed by atoms with van der Waals surface area (Å²) in [5, 5.41) is 2.42. The highest BCUT2D eigenvalue weighted by Crippen LogP contribution is 2.25. The minimum atomic E-state index is -4.06. The summed E-state index contributed by atoms with van der Waals surface area (Å²) in [6, 6.07) is 6.94. The molecular formula is C16H17ClN2O7S. The Morgan fingerprint density at radius 3 is 2.67 bits per heavy atom. The van der Waals surface area contributed by atoms with Crippen LogP contribution in [0.2, 0.25) is 5.02 Å². The van der Waals surface area contributed by atoms with Gasteiger partial charge in [-0.1, -0.05) is 16.1 Å². The third-order valence-electron chi connectivity index (χ3n) is 3.41. The molecule has 146 valence electrons. The van der Waals surface area contributed by atoms with E-state index in [9.17, 15) is 18.0 Å². The van der Waals surface area contributed by atoms with Crippen LogP contribution in [0.4, 0.5) is 0 Å². The first-order valence-corrected chi connectivity index (χ1v) is 9.36. The molecule has 27 heavy (non-hydrogen) atoms. The maximum atomic E-state index is 12.3. The van der Waals surface area contributed by atoms with E-state index in [0.717, 1.165) is 6.07 Å². The number of hydrogen-bond acceptors (Lipinski definition) is 7. The highest BCUT2D eigenvalue weighted by molar-refractivity contribution is 7.89. The fourth-order valence-electron chi connectivity index (χ4n) is 1.93. The van der Waals surface area contributed by atoms with Gasteiger partial charge in [-0.3, -0.25) is 9.63 Å². The highest BCUT2D eigenvalue weighted by atomic mass is 35.5. The molecule has 9 nitrogen and oxygen atoms in total. The predicted molar refractivity (Wildman–Crippen MR) is 94.2 cm³/mol. The molecule has 0 fully saturated rings. The standard InChI is InChI=1S/C16H17ClN2O7S/c1-19(24-2)27(22,23)14-8-11(5-6-13(14)17)16(21)26-10-15(20)18-9-12-4-3-7-25-12/h3-8H,9-10H2,1-2H3,(H,18,20). The lowest BCUT2D eigenvalue weighted by Gasteiger charge is -2.15. The van der Waals surface area contributed by atoms with Crippen LogP contribution in [0.1, 0.15) is 16.1 Å². The molecule has 0 radical (unpaired) electrons. The number of nitrogens with zero attached hydrogens (tertiary/aromatic N) is 1. The second kappa shape index (κ2) is 9.00. The molecule has 0 saturated carbocycles. The lowest BCUT2D eigenvalue weighted by Crippen LogP contribution is -2.28. The van der Waals surface area contributed by atoms with Crippen molar-refractivity contribution in [2.24, 2.45) is 0 Å². The van der Waals surface area contributed by atoms with Crippen LogP contribution in [0.15, 0.2) is 45.9 Å². The van der Waals surface area contributed by atoms with Gasteiger partial charge in [0.2, 0.25) is 0 Å². The summed E-state index contributed by atoms with van der Waals surface area (Å²) in [6.45, 7) is -0.391. The van der Waals surface area contributed by atoms with Crippen molar-refractivity contribution in [2.45, 2.75) is 11.4 Å². The molecule has 2 aromatic rings. The van der Waals surface area contributed by atoms with Gasteiger partial charge in [0.1, 0.15) is 10.7 Å². The molecule has 2 rings (SSSR count). The Morgan fingerprint density at radius 1 is 1.30 bits per heavy atom. The number of sulfonamides is 1. The summed E-state index contributed by atoms with van der Waals surface area (Å²) in [5.41, 5.74) is -0.0821. The molecular weight excluding hydrogens is 400 g/mol. The van der Waals surface area contributed by atoms with Crippen molar-refractivity contribution in [3.8, 4) is 0 Å². The molecule has 0 unspecified atom stereocenters. The van der Waals surface area contributed by atoms with E-state index in [0.29, 0.717) is 10.2 Å². The summed E-state index contributed by atoms with van der Waals surface area (Å²) in [5.74, 6) is -0.874. The average Bonchev–Trinajstić information content (AvgIpc) is 3.17. The molecule has 1 amide bonds. The van der Waals surface area contributed by atoms with E-state index < -0.39 is 28.5 Å². The fraction of sp³-hybridized carbons (Fsp3) is 0.250. The number of carbonyl (C=O) groups excluding carboxylic acids is 2. The number of esters is 1. The van der Waals surface area contributed by atoms with Gasteiger partial charge >= 0.3 is 5.97 Å². The van der Waals surface area contributed by atoms with Gasteiger partial charge in [-0.2, -0.15) is 0 Å². The van der Waals surface area contributed by atoms with Crippen LogP contribution in [0.5, 0.6) is 0 Å². The number of nitrogens with one attached hydrogen (secondary N) is 1. The van der Waals surface area contributed by atoms with Gasteiger partial charge in [0, 0.05) is 7.05 Å². The van der Waals surface area contributed by atoms with E-state index in [2.05, 4.69) is 10.2 Å². The number of halogens is 1. The number of furan rings is 1. The SMILES string of the molecule is CON(C)S(=O)(=O)c1cc(C(=O)OCC(=O)NCc2ccco2)ccc1Cl. The minimum Gasteiger partial charge on any atom is -0.467 e. The summed E-state index contributed by atoms with van der Waals surface area (Å²) in [7, 11) is -1.71. The molecule has 0 aliphatic heterocycles. The van der Waals surface area contributed by atoms with Crippen LogP contribution in [0, 0.1) is 0 Å². The van der Waals surface area contributed by atoms with E-state index in [1.807, 2.05) is 0 Å². The molecule has 1 aromatic carbocycles. The van der Waals surface area contributed by atoms with Crippen molar-refractivity contribution < 1.29 is 32.0 Å². The number of rotatable bonds is 8. The zero-order valence-electron chi connectivity index (χ0n) is 14.5. The predicted octanol–water partition coefficient (Wildman–Crippen LogP) is 1.59. The second-order valence-corrected chi connectivity index (χ2v) is 7.49. The maximum Gasteiger partial charge on any atom is 0.338 e. The van der Waals surface area contributed by atoms with Crippen LogP contribution in [0.3, 0.4) is 0 Å².